The Kier molecular flexibility index (Phi) is 5.41. The molecule has 1 heterocycles. The molecule has 0 radical (unpaired) electrons. The Morgan fingerprint density at radius 1 is 1.09 bits per heavy atom. The maximum absolute atomic E-state index is 11.4. The molecule has 0 saturated carbocycles. The molecule has 22 heavy (non-hydrogen) atoms. The highest BCUT2D eigenvalue weighted by molar-refractivity contribution is 6.36. The quantitative estimate of drug-likeness (QED) is 0.812. The van der Waals surface area contributed by atoms with E-state index in [-0.39, 0.29) is 11.3 Å². The fraction of sp³-hybridized carbons (Fsp3) is 0.588. The normalized spacial score (nSPS) is 16.9. The number of nitrogens with zero attached hydrogens (tertiary/aromatic N) is 2. The summed E-state index contributed by atoms with van der Waals surface area (Å²) in [6, 6.07) is 4.04. The Hall–Kier alpha value is -0.770. The Balaban J connectivity index is 2.08. The molecular formula is C17H24Cl2N2O. The van der Waals surface area contributed by atoms with Gasteiger partial charge >= 0.3 is 0 Å². The van der Waals surface area contributed by atoms with Gasteiger partial charge in [0.2, 0.25) is 5.91 Å². The number of carbonyl (C=O) groups excluding carboxylic acids is 1. The van der Waals surface area contributed by atoms with Gasteiger partial charge in [-0.05, 0) is 28.7 Å². The SMILES string of the molecule is CC(=O)N1CCN(Cc2cc(Cl)c(C(C)(C)C)c(Cl)c2)CC1. The van der Waals surface area contributed by atoms with Crippen LogP contribution in [0.1, 0.15) is 38.8 Å². The van der Waals surface area contributed by atoms with Crippen molar-refractivity contribution in [2.75, 3.05) is 26.2 Å². The predicted octanol–water partition coefficient (Wildman–Crippen LogP) is 3.96. The summed E-state index contributed by atoms with van der Waals surface area (Å²) in [6.07, 6.45) is 0. The van der Waals surface area contributed by atoms with Crippen LogP contribution in [0.3, 0.4) is 0 Å². The number of benzene rings is 1. The summed E-state index contributed by atoms with van der Waals surface area (Å²) in [5.74, 6) is 0.153. The molecule has 5 heteroatoms. The van der Waals surface area contributed by atoms with Crippen LogP contribution < -0.4 is 0 Å². The highest BCUT2D eigenvalue weighted by atomic mass is 35.5. The predicted molar refractivity (Wildman–Crippen MR) is 92.7 cm³/mol. The molecule has 0 N–H and O–H groups in total. The minimum Gasteiger partial charge on any atom is -0.340 e. The van der Waals surface area contributed by atoms with Crippen LogP contribution in [0.15, 0.2) is 12.1 Å². The van der Waals surface area contributed by atoms with Crippen molar-refractivity contribution in [1.82, 2.24) is 9.80 Å². The molecule has 3 nitrogen and oxygen atoms in total. The van der Waals surface area contributed by atoms with Gasteiger partial charge in [-0.3, -0.25) is 9.69 Å². The van der Waals surface area contributed by atoms with E-state index in [9.17, 15) is 4.79 Å². The van der Waals surface area contributed by atoms with E-state index in [0.717, 1.165) is 53.9 Å². The molecule has 1 fully saturated rings. The van der Waals surface area contributed by atoms with Crippen LogP contribution in [-0.2, 0) is 16.8 Å². The summed E-state index contributed by atoms with van der Waals surface area (Å²) in [7, 11) is 0. The fourth-order valence-electron chi connectivity index (χ4n) is 2.91. The highest BCUT2D eigenvalue weighted by Gasteiger charge is 2.23. The van der Waals surface area contributed by atoms with Crippen molar-refractivity contribution in [3.05, 3.63) is 33.3 Å². The number of hydrogen-bond acceptors (Lipinski definition) is 2. The van der Waals surface area contributed by atoms with E-state index < -0.39 is 0 Å². The largest absolute Gasteiger partial charge is 0.340 e. The number of piperazine rings is 1. The fourth-order valence-corrected chi connectivity index (χ4v) is 4.01. The summed E-state index contributed by atoms with van der Waals surface area (Å²) in [6.45, 7) is 12.1. The van der Waals surface area contributed by atoms with Gasteiger partial charge in [0.25, 0.3) is 0 Å². The van der Waals surface area contributed by atoms with Gasteiger partial charge in [-0.1, -0.05) is 44.0 Å². The van der Waals surface area contributed by atoms with Gasteiger partial charge in [-0.2, -0.15) is 0 Å². The van der Waals surface area contributed by atoms with Crippen molar-refractivity contribution in [2.45, 2.75) is 39.7 Å². The van der Waals surface area contributed by atoms with Crippen molar-refractivity contribution < 1.29 is 4.79 Å². The average Bonchev–Trinajstić information content (AvgIpc) is 2.36. The lowest BCUT2D eigenvalue weighted by Crippen LogP contribution is -2.47. The number of rotatable bonds is 2. The van der Waals surface area contributed by atoms with Gasteiger partial charge in [0, 0.05) is 49.7 Å². The standard InChI is InChI=1S/C17H24Cl2N2O/c1-12(22)21-7-5-20(6-8-21)11-13-9-14(18)16(15(19)10-13)17(2,3)4/h9-10H,5-8,11H2,1-4H3. The van der Waals surface area contributed by atoms with Crippen LogP contribution in [0.4, 0.5) is 0 Å². The third-order valence-electron chi connectivity index (χ3n) is 4.08. The lowest BCUT2D eigenvalue weighted by atomic mass is 9.86. The number of hydrogen-bond donors (Lipinski definition) is 0. The Morgan fingerprint density at radius 3 is 2.00 bits per heavy atom. The van der Waals surface area contributed by atoms with Crippen LogP contribution in [0.5, 0.6) is 0 Å². The minimum atomic E-state index is -0.0696. The molecule has 1 aliphatic heterocycles. The number of amides is 1. The molecule has 1 aliphatic rings. The lowest BCUT2D eigenvalue weighted by Gasteiger charge is -2.34. The zero-order valence-electron chi connectivity index (χ0n) is 13.7. The maximum Gasteiger partial charge on any atom is 0.219 e. The maximum atomic E-state index is 11.4. The van der Waals surface area contributed by atoms with Gasteiger partial charge < -0.3 is 4.90 Å². The van der Waals surface area contributed by atoms with Crippen LogP contribution in [-0.4, -0.2) is 41.9 Å². The molecule has 1 aromatic rings. The molecule has 1 aromatic carbocycles. The van der Waals surface area contributed by atoms with E-state index in [0.29, 0.717) is 0 Å². The van der Waals surface area contributed by atoms with Gasteiger partial charge in [0.1, 0.15) is 0 Å². The van der Waals surface area contributed by atoms with Crippen molar-refractivity contribution in [1.29, 1.82) is 0 Å². The van der Waals surface area contributed by atoms with Crippen molar-refractivity contribution in [3.63, 3.8) is 0 Å². The van der Waals surface area contributed by atoms with E-state index in [4.69, 9.17) is 23.2 Å². The zero-order valence-corrected chi connectivity index (χ0v) is 15.3. The van der Waals surface area contributed by atoms with Crippen molar-refractivity contribution in [3.8, 4) is 0 Å². The monoisotopic (exact) mass is 342 g/mol. The molecule has 1 amide bonds. The molecule has 0 aliphatic carbocycles. The molecule has 0 spiro atoms. The van der Waals surface area contributed by atoms with Crippen molar-refractivity contribution in [2.24, 2.45) is 0 Å². The van der Waals surface area contributed by atoms with E-state index in [2.05, 4.69) is 25.7 Å². The molecule has 0 unspecified atom stereocenters. The van der Waals surface area contributed by atoms with Gasteiger partial charge in [-0.25, -0.2) is 0 Å². The second-order valence-corrected chi connectivity index (χ2v) is 7.78. The third-order valence-corrected chi connectivity index (χ3v) is 4.67. The topological polar surface area (TPSA) is 23.6 Å². The summed E-state index contributed by atoms with van der Waals surface area (Å²) < 4.78 is 0. The smallest absolute Gasteiger partial charge is 0.219 e. The summed E-state index contributed by atoms with van der Waals surface area (Å²) in [5, 5.41) is 1.47. The van der Waals surface area contributed by atoms with Gasteiger partial charge in [-0.15, -0.1) is 0 Å². The Bertz CT molecular complexity index is 535. The van der Waals surface area contributed by atoms with Crippen LogP contribution >= 0.6 is 23.2 Å². The second-order valence-electron chi connectivity index (χ2n) is 6.97. The second kappa shape index (κ2) is 6.77. The van der Waals surface area contributed by atoms with Crippen molar-refractivity contribution >= 4 is 29.1 Å². The molecule has 2 rings (SSSR count). The van der Waals surface area contributed by atoms with Crippen LogP contribution in [0, 0.1) is 0 Å². The number of carbonyl (C=O) groups is 1. The molecule has 122 valence electrons. The molecule has 0 bridgehead atoms. The summed E-state index contributed by atoms with van der Waals surface area (Å²) >= 11 is 12.9. The Labute approximate surface area is 143 Å². The molecular weight excluding hydrogens is 319 g/mol. The third kappa shape index (κ3) is 4.15. The molecule has 0 atom stereocenters. The average molecular weight is 343 g/mol. The van der Waals surface area contributed by atoms with Crippen LogP contribution in [0.25, 0.3) is 0 Å². The zero-order chi connectivity index (χ0) is 16.5. The first kappa shape index (κ1) is 17.6. The first-order chi connectivity index (χ1) is 10.2. The lowest BCUT2D eigenvalue weighted by molar-refractivity contribution is -0.130. The van der Waals surface area contributed by atoms with Crippen LogP contribution in [0.2, 0.25) is 10.0 Å². The van der Waals surface area contributed by atoms with E-state index >= 15 is 0 Å². The molecule has 0 aromatic heterocycles. The first-order valence-corrected chi connectivity index (χ1v) is 8.40. The minimum absolute atomic E-state index is 0.0696. The van der Waals surface area contributed by atoms with E-state index in [1.54, 1.807) is 6.92 Å². The first-order valence-electron chi connectivity index (χ1n) is 7.65. The Morgan fingerprint density at radius 2 is 1.59 bits per heavy atom. The van der Waals surface area contributed by atoms with E-state index in [1.807, 2.05) is 17.0 Å². The summed E-state index contributed by atoms with van der Waals surface area (Å²) in [4.78, 5) is 15.6. The highest BCUT2D eigenvalue weighted by Crippen LogP contribution is 2.36. The van der Waals surface area contributed by atoms with E-state index in [1.165, 1.54) is 0 Å². The molecule has 1 saturated heterocycles. The summed E-state index contributed by atoms with van der Waals surface area (Å²) in [5.41, 5.74) is 2.06. The van der Waals surface area contributed by atoms with Gasteiger partial charge in [0.05, 0.1) is 0 Å². The van der Waals surface area contributed by atoms with Gasteiger partial charge in [0.15, 0.2) is 0 Å². The number of halogens is 2.